The van der Waals surface area contributed by atoms with Crippen LogP contribution in [0.3, 0.4) is 0 Å². The molecule has 0 aliphatic carbocycles. The van der Waals surface area contributed by atoms with Gasteiger partial charge >= 0.3 is 0 Å². The molecule has 0 spiro atoms. The van der Waals surface area contributed by atoms with Gasteiger partial charge in [0.1, 0.15) is 4.90 Å². The fourth-order valence-electron chi connectivity index (χ4n) is 3.55. The zero-order valence-electron chi connectivity index (χ0n) is 12.0. The maximum Gasteiger partial charge on any atom is 0.246 e. The number of nitrogens with one attached hydrogen (secondary N) is 1. The summed E-state index contributed by atoms with van der Waals surface area (Å²) in [5.41, 5.74) is 0. The zero-order valence-corrected chi connectivity index (χ0v) is 12.8. The van der Waals surface area contributed by atoms with Crippen molar-refractivity contribution in [2.75, 3.05) is 6.54 Å². The molecule has 2 unspecified atom stereocenters. The van der Waals surface area contributed by atoms with Crippen LogP contribution in [0.15, 0.2) is 17.3 Å². The minimum atomic E-state index is -3.43. The number of piperidine rings is 1. The van der Waals surface area contributed by atoms with Crippen LogP contribution < -0.4 is 5.32 Å². The molecule has 0 amide bonds. The van der Waals surface area contributed by atoms with Crippen molar-refractivity contribution in [3.05, 3.63) is 12.4 Å². The van der Waals surface area contributed by atoms with Crippen molar-refractivity contribution in [2.45, 2.75) is 55.6 Å². The van der Waals surface area contributed by atoms with Crippen LogP contribution in [0, 0.1) is 0 Å². The van der Waals surface area contributed by atoms with E-state index in [1.807, 2.05) is 6.92 Å². The Balaban J connectivity index is 1.86. The number of aromatic nitrogens is 2. The fourth-order valence-corrected chi connectivity index (χ4v) is 5.20. The predicted octanol–water partition coefficient (Wildman–Crippen LogP) is 0.714. The summed E-state index contributed by atoms with van der Waals surface area (Å²) >= 11 is 0. The van der Waals surface area contributed by atoms with Gasteiger partial charge in [-0.25, -0.2) is 8.42 Å². The lowest BCUT2D eigenvalue weighted by Gasteiger charge is -2.36. The summed E-state index contributed by atoms with van der Waals surface area (Å²) in [4.78, 5) is 0.299. The molecule has 2 atom stereocenters. The highest BCUT2D eigenvalue weighted by Gasteiger charge is 2.40. The summed E-state index contributed by atoms with van der Waals surface area (Å²) in [6, 6.07) is 1.08. The van der Waals surface area contributed by atoms with Gasteiger partial charge in [-0.15, -0.1) is 0 Å². The average molecular weight is 298 g/mol. The van der Waals surface area contributed by atoms with Gasteiger partial charge < -0.3 is 5.32 Å². The topological polar surface area (TPSA) is 67.2 Å². The molecule has 3 rings (SSSR count). The van der Waals surface area contributed by atoms with E-state index in [9.17, 15) is 8.42 Å². The molecule has 3 heterocycles. The summed E-state index contributed by atoms with van der Waals surface area (Å²) in [7, 11) is -1.69. The number of rotatable bonds is 4. The standard InChI is InChI=1S/C13H22N4O2S/c1-3-17(12-6-10-4-5-11(7-12)15-10)20(18,19)13-8-14-16(2)9-13/h8-12,15H,3-7H2,1-2H3. The summed E-state index contributed by atoms with van der Waals surface area (Å²) in [5.74, 6) is 0. The molecule has 2 aliphatic rings. The Morgan fingerprint density at radius 3 is 2.55 bits per heavy atom. The lowest BCUT2D eigenvalue weighted by molar-refractivity contribution is 0.232. The normalized spacial score (nSPS) is 30.1. The quantitative estimate of drug-likeness (QED) is 0.889. The molecular formula is C13H22N4O2S. The molecule has 0 aromatic carbocycles. The Hall–Kier alpha value is -0.920. The summed E-state index contributed by atoms with van der Waals surface area (Å²) in [5, 5.41) is 7.54. The van der Waals surface area contributed by atoms with Crippen molar-refractivity contribution in [2.24, 2.45) is 7.05 Å². The van der Waals surface area contributed by atoms with Gasteiger partial charge in [0.15, 0.2) is 0 Å². The maximum atomic E-state index is 12.8. The molecule has 20 heavy (non-hydrogen) atoms. The third-order valence-corrected chi connectivity index (χ3v) is 6.44. The highest BCUT2D eigenvalue weighted by atomic mass is 32.2. The maximum absolute atomic E-state index is 12.8. The average Bonchev–Trinajstić information content (AvgIpc) is 2.97. The summed E-state index contributed by atoms with van der Waals surface area (Å²) < 4.78 is 28.7. The second kappa shape index (κ2) is 5.13. The molecule has 1 aromatic heterocycles. The van der Waals surface area contributed by atoms with Gasteiger partial charge in [-0.1, -0.05) is 6.92 Å². The Morgan fingerprint density at radius 1 is 1.40 bits per heavy atom. The number of hydrogen-bond donors (Lipinski definition) is 1. The second-order valence-electron chi connectivity index (χ2n) is 5.82. The van der Waals surface area contributed by atoms with Gasteiger partial charge in [-0.05, 0) is 25.7 Å². The van der Waals surface area contributed by atoms with E-state index in [-0.39, 0.29) is 6.04 Å². The highest BCUT2D eigenvalue weighted by Crippen LogP contribution is 2.32. The van der Waals surface area contributed by atoms with Crippen molar-refractivity contribution >= 4 is 10.0 Å². The molecule has 0 radical (unpaired) electrons. The van der Waals surface area contributed by atoms with Crippen LogP contribution in [-0.2, 0) is 17.1 Å². The van der Waals surface area contributed by atoms with Crippen LogP contribution in [0.1, 0.15) is 32.6 Å². The van der Waals surface area contributed by atoms with E-state index in [4.69, 9.17) is 0 Å². The van der Waals surface area contributed by atoms with E-state index >= 15 is 0 Å². The number of fused-ring (bicyclic) bond motifs is 2. The van der Waals surface area contributed by atoms with E-state index in [1.165, 1.54) is 23.7 Å². The lowest BCUT2D eigenvalue weighted by atomic mass is 10.00. The largest absolute Gasteiger partial charge is 0.311 e. The monoisotopic (exact) mass is 298 g/mol. The Kier molecular flexibility index (Phi) is 3.60. The molecule has 7 heteroatoms. The van der Waals surface area contributed by atoms with Crippen molar-refractivity contribution < 1.29 is 8.42 Å². The van der Waals surface area contributed by atoms with Gasteiger partial charge in [-0.2, -0.15) is 9.40 Å². The SMILES string of the molecule is CCN(C1CC2CCC(C1)N2)S(=O)(=O)c1cnn(C)c1. The molecule has 112 valence electrons. The first-order chi connectivity index (χ1) is 9.50. The lowest BCUT2D eigenvalue weighted by Crippen LogP contribution is -2.50. The van der Waals surface area contributed by atoms with Crippen molar-refractivity contribution in [1.29, 1.82) is 0 Å². The van der Waals surface area contributed by atoms with Gasteiger partial charge in [0.25, 0.3) is 0 Å². The highest BCUT2D eigenvalue weighted by molar-refractivity contribution is 7.89. The molecule has 6 nitrogen and oxygen atoms in total. The van der Waals surface area contributed by atoms with E-state index in [1.54, 1.807) is 17.5 Å². The van der Waals surface area contributed by atoms with Crippen LogP contribution in [0.4, 0.5) is 0 Å². The van der Waals surface area contributed by atoms with Crippen molar-refractivity contribution in [1.82, 2.24) is 19.4 Å². The molecule has 2 aliphatic heterocycles. The van der Waals surface area contributed by atoms with Crippen LogP contribution in [0.2, 0.25) is 0 Å². The molecule has 2 bridgehead atoms. The molecular weight excluding hydrogens is 276 g/mol. The van der Waals surface area contributed by atoms with E-state index in [2.05, 4.69) is 10.4 Å². The van der Waals surface area contributed by atoms with E-state index in [0.717, 1.165) is 12.8 Å². The molecule has 1 aromatic rings. The van der Waals surface area contributed by atoms with Crippen LogP contribution >= 0.6 is 0 Å². The van der Waals surface area contributed by atoms with Crippen LogP contribution in [-0.4, -0.2) is 47.2 Å². The number of nitrogens with zero attached hydrogens (tertiary/aromatic N) is 3. The minimum Gasteiger partial charge on any atom is -0.311 e. The number of hydrogen-bond acceptors (Lipinski definition) is 4. The first kappa shape index (κ1) is 14.0. The second-order valence-corrected chi connectivity index (χ2v) is 7.71. The Labute approximate surface area is 120 Å². The summed E-state index contributed by atoms with van der Waals surface area (Å²) in [6.45, 7) is 2.43. The Morgan fingerprint density at radius 2 is 2.05 bits per heavy atom. The minimum absolute atomic E-state index is 0.115. The smallest absolute Gasteiger partial charge is 0.246 e. The fraction of sp³-hybridized carbons (Fsp3) is 0.769. The van der Waals surface area contributed by atoms with E-state index < -0.39 is 10.0 Å². The first-order valence-corrected chi connectivity index (χ1v) is 8.71. The third kappa shape index (κ3) is 2.38. The number of aryl methyl sites for hydroxylation is 1. The van der Waals surface area contributed by atoms with E-state index in [0.29, 0.717) is 23.5 Å². The summed E-state index contributed by atoms with van der Waals surface area (Å²) in [6.07, 6.45) is 7.20. The van der Waals surface area contributed by atoms with Gasteiger partial charge in [0.2, 0.25) is 10.0 Å². The Bertz CT molecular complexity index is 571. The number of sulfonamides is 1. The van der Waals surface area contributed by atoms with Gasteiger partial charge in [0, 0.05) is 37.9 Å². The van der Waals surface area contributed by atoms with Crippen molar-refractivity contribution in [3.8, 4) is 0 Å². The third-order valence-electron chi connectivity index (χ3n) is 4.45. The van der Waals surface area contributed by atoms with Gasteiger partial charge in [-0.3, -0.25) is 4.68 Å². The molecule has 2 saturated heterocycles. The zero-order chi connectivity index (χ0) is 14.3. The molecule has 2 fully saturated rings. The van der Waals surface area contributed by atoms with Crippen LogP contribution in [0.5, 0.6) is 0 Å². The molecule has 0 saturated carbocycles. The van der Waals surface area contributed by atoms with Crippen molar-refractivity contribution in [3.63, 3.8) is 0 Å². The van der Waals surface area contributed by atoms with Crippen LogP contribution in [0.25, 0.3) is 0 Å². The van der Waals surface area contributed by atoms with Gasteiger partial charge in [0.05, 0.1) is 6.20 Å². The molecule has 1 N–H and O–H groups in total. The predicted molar refractivity (Wildman–Crippen MR) is 75.7 cm³/mol. The first-order valence-electron chi connectivity index (χ1n) is 7.27.